The quantitative estimate of drug-likeness (QED) is 0.0861. The zero-order chi connectivity index (χ0) is 43.5. The second-order valence-electron chi connectivity index (χ2n) is 14.6. The first-order valence-corrected chi connectivity index (χ1v) is 18.6. The summed E-state index contributed by atoms with van der Waals surface area (Å²) in [4.78, 5) is 46.3. The van der Waals surface area contributed by atoms with Gasteiger partial charge in [0.25, 0.3) is 23.3 Å². The van der Waals surface area contributed by atoms with E-state index in [1.165, 1.54) is 16.8 Å². The van der Waals surface area contributed by atoms with Crippen LogP contribution in [0.1, 0.15) is 75.7 Å². The highest BCUT2D eigenvalue weighted by atomic mass is 16.3. The van der Waals surface area contributed by atoms with Gasteiger partial charge in [0.05, 0.1) is 5.56 Å². The first-order chi connectivity index (χ1) is 28.4. The van der Waals surface area contributed by atoms with E-state index in [2.05, 4.69) is 21.0 Å². The fourth-order valence-corrected chi connectivity index (χ4v) is 7.53. The lowest BCUT2D eigenvalue weighted by Crippen LogP contribution is -2.34. The molecule has 0 aliphatic carbocycles. The molecule has 0 saturated heterocycles. The molecule has 0 atom stereocenters. The number of phenols is 3. The summed E-state index contributed by atoms with van der Waals surface area (Å²) in [5, 5.41) is 67.6. The predicted octanol–water partition coefficient (Wildman–Crippen LogP) is 6.10. The molecule has 6 aromatic carbocycles. The third-order valence-corrected chi connectivity index (χ3v) is 10.9. The number of amidine groups is 3. The second kappa shape index (κ2) is 15.0. The van der Waals surface area contributed by atoms with Crippen LogP contribution < -0.4 is 21.5 Å². The van der Waals surface area contributed by atoms with Gasteiger partial charge in [0, 0.05) is 67.7 Å². The highest BCUT2D eigenvalue weighted by Crippen LogP contribution is 2.37. The number of benzene rings is 6. The number of nitrogens with zero attached hydrogens (tertiary/aromatic N) is 1. The lowest BCUT2D eigenvalue weighted by molar-refractivity contribution is 0.0968. The molecule has 3 aliphatic rings. The number of nitrogens with one attached hydrogen (secondary N) is 7. The lowest BCUT2D eigenvalue weighted by Gasteiger charge is -2.20. The number of aromatic amines is 1. The van der Waals surface area contributed by atoms with Crippen LogP contribution in [-0.2, 0) is 7.05 Å². The fourth-order valence-electron chi connectivity index (χ4n) is 7.53. The number of rotatable bonds is 0. The van der Waals surface area contributed by atoms with Crippen LogP contribution in [0.3, 0.4) is 0 Å². The number of hydrogen-bond acceptors (Lipinski definition) is 10. The van der Waals surface area contributed by atoms with Gasteiger partial charge in [0.15, 0.2) is 0 Å². The summed E-state index contributed by atoms with van der Waals surface area (Å²) in [5.41, 5.74) is 7.33. The van der Waals surface area contributed by atoms with Crippen LogP contribution in [0.4, 0.5) is 0 Å². The molecule has 0 spiro atoms. The molecule has 10 N–H and O–H groups in total. The zero-order valence-electron chi connectivity index (χ0n) is 33.4. The molecule has 3 aliphatic heterocycles. The number of aromatic nitrogens is 2. The second-order valence-corrected chi connectivity index (χ2v) is 14.6. The monoisotopic (exact) mass is 804 g/mol. The predicted molar refractivity (Wildman–Crippen MR) is 229 cm³/mol. The number of carbonyl (C=O) groups excluding carboxylic acids is 3. The number of H-pyrrole nitrogens is 1. The van der Waals surface area contributed by atoms with Gasteiger partial charge >= 0.3 is 0 Å². The Balaban J connectivity index is 0.000000124. The summed E-state index contributed by atoms with van der Waals surface area (Å²) in [6.07, 6.45) is 0. The molecule has 3 amide bonds. The van der Waals surface area contributed by atoms with Crippen molar-refractivity contribution >= 4 is 67.5 Å². The van der Waals surface area contributed by atoms with Gasteiger partial charge in [-0.1, -0.05) is 48.5 Å². The van der Waals surface area contributed by atoms with Crippen molar-refractivity contribution in [2.75, 3.05) is 0 Å². The minimum atomic E-state index is -0.339. The molecule has 0 fully saturated rings. The van der Waals surface area contributed by atoms with Gasteiger partial charge < -0.3 is 31.3 Å². The van der Waals surface area contributed by atoms with E-state index in [4.69, 9.17) is 16.2 Å². The molecular formula is C45H40N8O7. The van der Waals surface area contributed by atoms with E-state index in [1.807, 2.05) is 32.0 Å². The maximum absolute atomic E-state index is 11.8. The average molecular weight is 805 g/mol. The van der Waals surface area contributed by atoms with Crippen molar-refractivity contribution in [2.24, 2.45) is 7.05 Å². The summed E-state index contributed by atoms with van der Waals surface area (Å²) in [6, 6.07) is 20.8. The minimum absolute atomic E-state index is 0.0361. The van der Waals surface area contributed by atoms with Crippen LogP contribution >= 0.6 is 0 Å². The van der Waals surface area contributed by atoms with Crippen LogP contribution in [0.2, 0.25) is 0 Å². The summed E-state index contributed by atoms with van der Waals surface area (Å²) in [7, 11) is 1.71. The molecule has 302 valence electrons. The SMILES string of the molecule is Cc1[nH]n(C)c(=O)c1C.Cc1c(O)cc2c3c(cccc13)C(=N)NC2=O.Cc1c(O)cc2c3c(cccc13)C(=O)NC2=N.Cc1cc2c3c(cccc3c1O)C(=N)NC2=O. The highest BCUT2D eigenvalue weighted by Gasteiger charge is 2.27. The van der Waals surface area contributed by atoms with Gasteiger partial charge in [-0.15, -0.1) is 0 Å². The summed E-state index contributed by atoms with van der Waals surface area (Å²) >= 11 is 0. The number of amides is 3. The molecule has 15 heteroatoms. The van der Waals surface area contributed by atoms with Crippen molar-refractivity contribution in [1.29, 1.82) is 16.2 Å². The summed E-state index contributed by atoms with van der Waals surface area (Å²) < 4.78 is 1.48. The molecule has 0 radical (unpaired) electrons. The van der Waals surface area contributed by atoms with Gasteiger partial charge in [-0.05, 0) is 86.3 Å². The van der Waals surface area contributed by atoms with Crippen molar-refractivity contribution < 1.29 is 29.7 Å². The fraction of sp³-hybridized carbons (Fsp3) is 0.133. The molecule has 10 rings (SSSR count). The van der Waals surface area contributed by atoms with Crippen LogP contribution in [0, 0.1) is 50.8 Å². The molecule has 0 bridgehead atoms. The largest absolute Gasteiger partial charge is 0.508 e. The van der Waals surface area contributed by atoms with Crippen LogP contribution in [0.25, 0.3) is 32.3 Å². The molecule has 0 saturated carbocycles. The first-order valence-electron chi connectivity index (χ1n) is 18.6. The summed E-state index contributed by atoms with van der Waals surface area (Å²) in [6.45, 7) is 9.05. The Bertz CT molecular complexity index is 2870. The highest BCUT2D eigenvalue weighted by molar-refractivity contribution is 6.29. The Morgan fingerprint density at radius 1 is 0.500 bits per heavy atom. The van der Waals surface area contributed by atoms with E-state index < -0.39 is 0 Å². The standard InChI is InChI=1S/3C13H10N2O2.C6H10N2O/c1-6-7-3-2-4-8-11(7)9(5-10(6)16)12(14)15-13(8)17;1-6-7-3-2-4-8-11(7)9(5-10(6)16)13(17)15-12(8)14;1-6-5-9-10-7(11(6)16)3-2-4-8(10)12(14)15-13(9)17;1-4-5(2)7-8(3)6(4)9/h3*2-5,16H,1H3,(H2,14,15,17);7H,1-3H3. The van der Waals surface area contributed by atoms with Crippen molar-refractivity contribution in [1.82, 2.24) is 25.7 Å². The van der Waals surface area contributed by atoms with E-state index in [0.717, 1.165) is 43.9 Å². The molecule has 4 heterocycles. The molecular weight excluding hydrogens is 765 g/mol. The van der Waals surface area contributed by atoms with E-state index in [9.17, 15) is 34.5 Å². The third kappa shape index (κ3) is 6.66. The van der Waals surface area contributed by atoms with Crippen LogP contribution in [0.5, 0.6) is 17.2 Å². The molecule has 1 aromatic heterocycles. The van der Waals surface area contributed by atoms with E-state index in [1.54, 1.807) is 70.3 Å². The third-order valence-electron chi connectivity index (χ3n) is 10.9. The van der Waals surface area contributed by atoms with Crippen LogP contribution in [0.15, 0.2) is 77.6 Å². The first kappa shape index (κ1) is 40.1. The average Bonchev–Trinajstić information content (AvgIpc) is 3.44. The Morgan fingerprint density at radius 2 is 0.900 bits per heavy atom. The normalized spacial score (nSPS) is 13.4. The molecule has 0 unspecified atom stereocenters. The number of aryl methyl sites for hydroxylation is 5. The number of hydrogen-bond donors (Lipinski definition) is 10. The minimum Gasteiger partial charge on any atom is -0.508 e. The Labute approximate surface area is 341 Å². The lowest BCUT2D eigenvalue weighted by atomic mass is 9.92. The van der Waals surface area contributed by atoms with Crippen LogP contribution in [-0.4, -0.2) is 60.3 Å². The number of phenolic OH excluding ortho intramolecular Hbond substituents is 3. The van der Waals surface area contributed by atoms with E-state index in [-0.39, 0.29) is 58.0 Å². The van der Waals surface area contributed by atoms with E-state index in [0.29, 0.717) is 49.7 Å². The van der Waals surface area contributed by atoms with Gasteiger partial charge in [-0.2, -0.15) is 0 Å². The van der Waals surface area contributed by atoms with Gasteiger partial charge in [-0.25, -0.2) is 0 Å². The molecule has 7 aromatic rings. The van der Waals surface area contributed by atoms with Gasteiger partial charge in [0.2, 0.25) is 0 Å². The number of carbonyl (C=O) groups is 3. The molecule has 15 nitrogen and oxygen atoms in total. The number of aromatic hydroxyl groups is 3. The topological polar surface area (TPSA) is 257 Å². The Morgan fingerprint density at radius 3 is 1.37 bits per heavy atom. The smallest absolute Gasteiger partial charge is 0.269 e. The van der Waals surface area contributed by atoms with Crippen molar-refractivity contribution in [3.05, 3.63) is 144 Å². The summed E-state index contributed by atoms with van der Waals surface area (Å²) in [5.74, 6) is -0.246. The maximum Gasteiger partial charge on any atom is 0.269 e. The zero-order valence-corrected chi connectivity index (χ0v) is 33.4. The van der Waals surface area contributed by atoms with Gasteiger partial charge in [-0.3, -0.25) is 45.2 Å². The van der Waals surface area contributed by atoms with Crippen molar-refractivity contribution in [3.8, 4) is 17.2 Å². The molecule has 60 heavy (non-hydrogen) atoms. The van der Waals surface area contributed by atoms with Crippen molar-refractivity contribution in [2.45, 2.75) is 34.6 Å². The Kier molecular flexibility index (Phi) is 10.1. The maximum atomic E-state index is 11.8. The Hall–Kier alpha value is -8.07. The van der Waals surface area contributed by atoms with Gasteiger partial charge in [0.1, 0.15) is 34.8 Å². The van der Waals surface area contributed by atoms with E-state index >= 15 is 0 Å². The van der Waals surface area contributed by atoms with Crippen molar-refractivity contribution in [3.63, 3.8) is 0 Å².